The number of nitrogens with zero attached hydrogens (tertiary/aromatic N) is 5. The van der Waals surface area contributed by atoms with Crippen molar-refractivity contribution in [2.24, 2.45) is 0 Å². The van der Waals surface area contributed by atoms with Gasteiger partial charge in [0.2, 0.25) is 0 Å². The number of nitro groups is 1. The molecule has 2 aromatic carbocycles. The average molecular weight is 471 g/mol. The molecule has 0 bridgehead atoms. The van der Waals surface area contributed by atoms with Gasteiger partial charge in [-0.1, -0.05) is 29.8 Å². The molecule has 12 heteroatoms. The number of amides is 1. The summed E-state index contributed by atoms with van der Waals surface area (Å²) >= 11 is 6.04. The number of benzene rings is 2. The maximum absolute atomic E-state index is 13.2. The van der Waals surface area contributed by atoms with Gasteiger partial charge in [-0.2, -0.15) is 10.2 Å². The van der Waals surface area contributed by atoms with E-state index in [1.807, 2.05) is 0 Å². The summed E-state index contributed by atoms with van der Waals surface area (Å²) in [5.41, 5.74) is 1.07. The van der Waals surface area contributed by atoms with Crippen LogP contribution in [0.25, 0.3) is 0 Å². The van der Waals surface area contributed by atoms with Crippen molar-refractivity contribution in [1.82, 2.24) is 19.6 Å². The van der Waals surface area contributed by atoms with Crippen LogP contribution in [-0.2, 0) is 13.3 Å². The van der Waals surface area contributed by atoms with Crippen LogP contribution in [0.5, 0.6) is 5.75 Å². The van der Waals surface area contributed by atoms with Crippen LogP contribution in [0.2, 0.25) is 5.02 Å². The molecule has 0 atom stereocenters. The van der Waals surface area contributed by atoms with E-state index < -0.39 is 16.6 Å². The average Bonchev–Trinajstić information content (AvgIpc) is 3.44. The molecule has 2 aromatic heterocycles. The third-order valence-electron chi connectivity index (χ3n) is 4.53. The van der Waals surface area contributed by atoms with E-state index in [1.54, 1.807) is 23.0 Å². The van der Waals surface area contributed by atoms with Gasteiger partial charge < -0.3 is 10.1 Å². The first-order valence-electron chi connectivity index (χ1n) is 9.56. The van der Waals surface area contributed by atoms with Gasteiger partial charge in [0.05, 0.1) is 23.4 Å². The summed E-state index contributed by atoms with van der Waals surface area (Å²) in [6.07, 6.45) is 4.58. The Labute approximate surface area is 191 Å². The van der Waals surface area contributed by atoms with Gasteiger partial charge in [-0.25, -0.2) is 9.07 Å². The highest BCUT2D eigenvalue weighted by atomic mass is 35.5. The minimum Gasteiger partial charge on any atom is -0.464 e. The maximum atomic E-state index is 13.2. The number of halogens is 2. The second kappa shape index (κ2) is 9.49. The number of carbonyl (C=O) groups excluding carboxylic acids is 1. The van der Waals surface area contributed by atoms with Crippen LogP contribution in [0.4, 0.5) is 15.8 Å². The van der Waals surface area contributed by atoms with E-state index in [2.05, 4.69) is 15.5 Å². The van der Waals surface area contributed by atoms with Crippen LogP contribution in [-0.4, -0.2) is 30.4 Å². The zero-order chi connectivity index (χ0) is 23.4. The Morgan fingerprint density at radius 2 is 2.03 bits per heavy atom. The minimum absolute atomic E-state index is 0.0951. The number of ether oxygens (including phenoxy) is 1. The lowest BCUT2D eigenvalue weighted by Gasteiger charge is -2.06. The van der Waals surface area contributed by atoms with Gasteiger partial charge in [-0.05, 0) is 29.8 Å². The third kappa shape index (κ3) is 5.33. The van der Waals surface area contributed by atoms with E-state index in [9.17, 15) is 19.3 Å². The van der Waals surface area contributed by atoms with E-state index in [4.69, 9.17) is 16.3 Å². The highest BCUT2D eigenvalue weighted by molar-refractivity contribution is 6.31. The van der Waals surface area contributed by atoms with Crippen LogP contribution < -0.4 is 10.1 Å². The molecule has 0 saturated carbocycles. The largest absolute Gasteiger partial charge is 0.464 e. The number of hydrogen-bond donors (Lipinski definition) is 1. The van der Waals surface area contributed by atoms with E-state index in [0.29, 0.717) is 17.8 Å². The normalized spacial score (nSPS) is 10.7. The number of carbonyl (C=O) groups is 1. The highest BCUT2D eigenvalue weighted by Gasteiger charge is 2.15. The molecule has 10 nitrogen and oxygen atoms in total. The number of rotatable bonds is 8. The van der Waals surface area contributed by atoms with Crippen LogP contribution >= 0.6 is 11.6 Å². The molecule has 168 valence electrons. The van der Waals surface area contributed by atoms with Crippen LogP contribution in [0.3, 0.4) is 0 Å². The monoisotopic (exact) mass is 470 g/mol. The molecule has 0 unspecified atom stereocenters. The molecule has 0 aliphatic rings. The van der Waals surface area contributed by atoms with Crippen LogP contribution in [0.15, 0.2) is 67.1 Å². The second-order valence-electron chi connectivity index (χ2n) is 6.86. The third-order valence-corrected chi connectivity index (χ3v) is 4.88. The Morgan fingerprint density at radius 1 is 1.21 bits per heavy atom. The lowest BCUT2D eigenvalue weighted by Crippen LogP contribution is -2.14. The van der Waals surface area contributed by atoms with Crippen LogP contribution in [0.1, 0.15) is 16.1 Å². The molecule has 1 N–H and O–H groups in total. The van der Waals surface area contributed by atoms with Crippen molar-refractivity contribution in [3.63, 3.8) is 0 Å². The summed E-state index contributed by atoms with van der Waals surface area (Å²) < 4.78 is 21.5. The summed E-state index contributed by atoms with van der Waals surface area (Å²) in [5, 5.41) is 22.3. The second-order valence-corrected chi connectivity index (χ2v) is 7.26. The van der Waals surface area contributed by atoms with Crippen LogP contribution in [0, 0.1) is 15.9 Å². The van der Waals surface area contributed by atoms with Crippen molar-refractivity contribution < 1.29 is 18.8 Å². The first kappa shape index (κ1) is 22.0. The van der Waals surface area contributed by atoms with Crippen molar-refractivity contribution in [1.29, 1.82) is 0 Å². The zero-order valence-electron chi connectivity index (χ0n) is 16.9. The van der Waals surface area contributed by atoms with Gasteiger partial charge in [0.15, 0.2) is 18.2 Å². The first-order chi connectivity index (χ1) is 15.9. The number of nitrogens with one attached hydrogen (secondary N) is 1. The van der Waals surface area contributed by atoms with Gasteiger partial charge in [0, 0.05) is 23.5 Å². The fraction of sp³-hybridized carbons (Fsp3) is 0.0952. The molecule has 0 aliphatic heterocycles. The SMILES string of the molecule is O=C(Nc1cnn(Cc2ccc(F)cc2Cl)c1)c1ccn(COc2ccccc2[N+](=O)[O-])n1. The summed E-state index contributed by atoms with van der Waals surface area (Å²) in [6, 6.07) is 11.6. The topological polar surface area (TPSA) is 117 Å². The van der Waals surface area contributed by atoms with Crippen molar-refractivity contribution in [3.8, 4) is 5.75 Å². The van der Waals surface area contributed by atoms with Gasteiger partial charge >= 0.3 is 5.69 Å². The van der Waals surface area contributed by atoms with Gasteiger partial charge in [-0.15, -0.1) is 0 Å². The molecule has 4 rings (SSSR count). The Kier molecular flexibility index (Phi) is 6.31. The molecule has 4 aromatic rings. The molecule has 0 radical (unpaired) electrons. The Hall–Kier alpha value is -4.25. The minimum atomic E-state index is -0.540. The van der Waals surface area contributed by atoms with E-state index in [1.165, 1.54) is 53.5 Å². The number of nitro benzene ring substituents is 1. The molecule has 33 heavy (non-hydrogen) atoms. The summed E-state index contributed by atoms with van der Waals surface area (Å²) in [7, 11) is 0. The Morgan fingerprint density at radius 3 is 2.82 bits per heavy atom. The quantitative estimate of drug-likeness (QED) is 0.306. The van der Waals surface area contributed by atoms with Crippen molar-refractivity contribution in [2.45, 2.75) is 13.3 Å². The van der Waals surface area contributed by atoms with Gasteiger partial charge in [-0.3, -0.25) is 19.6 Å². The maximum Gasteiger partial charge on any atom is 0.311 e. The number of hydrogen-bond acceptors (Lipinski definition) is 6. The van der Waals surface area contributed by atoms with Crippen molar-refractivity contribution in [2.75, 3.05) is 5.32 Å². The van der Waals surface area contributed by atoms with Crippen molar-refractivity contribution >= 4 is 28.9 Å². The van der Waals surface area contributed by atoms with E-state index in [-0.39, 0.29) is 28.9 Å². The zero-order valence-corrected chi connectivity index (χ0v) is 17.6. The molecule has 0 spiro atoms. The van der Waals surface area contributed by atoms with Gasteiger partial charge in [0.25, 0.3) is 5.91 Å². The molecule has 0 aliphatic carbocycles. The summed E-state index contributed by atoms with van der Waals surface area (Å²) in [5.74, 6) is -0.805. The number of para-hydroxylation sites is 2. The lowest BCUT2D eigenvalue weighted by molar-refractivity contribution is -0.386. The van der Waals surface area contributed by atoms with E-state index >= 15 is 0 Å². The van der Waals surface area contributed by atoms with Crippen molar-refractivity contribution in [3.05, 3.63) is 99.3 Å². The highest BCUT2D eigenvalue weighted by Crippen LogP contribution is 2.26. The fourth-order valence-electron chi connectivity index (χ4n) is 2.95. The molecular weight excluding hydrogens is 455 g/mol. The molecule has 0 fully saturated rings. The molecule has 0 saturated heterocycles. The summed E-state index contributed by atoms with van der Waals surface area (Å²) in [4.78, 5) is 23.0. The molecule has 1 amide bonds. The lowest BCUT2D eigenvalue weighted by atomic mass is 10.2. The van der Waals surface area contributed by atoms with E-state index in [0.717, 1.165) is 0 Å². The summed E-state index contributed by atoms with van der Waals surface area (Å²) in [6.45, 7) is 0.182. The first-order valence-corrected chi connectivity index (χ1v) is 9.94. The fourth-order valence-corrected chi connectivity index (χ4v) is 3.18. The van der Waals surface area contributed by atoms with Gasteiger partial charge in [0.1, 0.15) is 5.82 Å². The molecular formula is C21H16ClFN6O4. The Bertz CT molecular complexity index is 1320. The number of anilines is 1. The smallest absolute Gasteiger partial charge is 0.311 e. The predicted molar refractivity (Wildman–Crippen MR) is 117 cm³/mol. The predicted octanol–water partition coefficient (Wildman–Crippen LogP) is 4.12. The Balaban J connectivity index is 1.36. The number of aromatic nitrogens is 4. The molecule has 2 heterocycles. The standard InChI is InChI=1S/C21H16ClFN6O4/c22-17-9-15(23)6-5-14(17)11-28-12-16(10-24-28)25-21(30)18-7-8-27(26-18)13-33-20-4-2-1-3-19(20)29(31)32/h1-10,12H,11,13H2,(H,25,30).